The zero-order chi connectivity index (χ0) is 10.1. The van der Waals surface area contributed by atoms with Crippen molar-refractivity contribution in [1.82, 2.24) is 0 Å². The Morgan fingerprint density at radius 2 is 0.667 bits per heavy atom. The third-order valence-corrected chi connectivity index (χ3v) is 0. The van der Waals surface area contributed by atoms with Crippen molar-refractivity contribution >= 4 is 10.5 Å². The summed E-state index contributed by atoms with van der Waals surface area (Å²) >= 11 is 0. The van der Waals surface area contributed by atoms with Gasteiger partial charge in [-0.15, -0.1) is 0 Å². The quantitative estimate of drug-likeness (QED) is 0.520. The Hall–Kier alpha value is 1.05. The number of hydrogen-bond acceptors (Lipinski definition) is 1. The molecule has 0 saturated carbocycles. The molecular weight excluding hydrogens is 331 g/mol. The Kier molecular flexibility index (Phi) is 219. The fourth-order valence-electron chi connectivity index (χ4n) is 0. The van der Waals surface area contributed by atoms with Crippen LogP contribution in [0.5, 0.6) is 0 Å². The van der Waals surface area contributed by atoms with Gasteiger partial charge in [-0.2, -0.15) is 41.5 Å². The first-order chi connectivity index (χ1) is 5.24. The zero-order valence-corrected chi connectivity index (χ0v) is 15.3. The van der Waals surface area contributed by atoms with Gasteiger partial charge in [0.2, 0.25) is 0 Å². The molecule has 0 spiro atoms. The molecule has 0 aromatic rings. The van der Waals surface area contributed by atoms with Crippen molar-refractivity contribution in [2.75, 3.05) is 0 Å². The minimum Gasteiger partial charge on any atom is -0.442 e. The fourth-order valence-corrected chi connectivity index (χ4v) is 0. The topological polar surface area (TPSA) is 20.2 Å². The van der Waals surface area contributed by atoms with Gasteiger partial charge in [-0.3, -0.25) is 0 Å². The van der Waals surface area contributed by atoms with Crippen molar-refractivity contribution in [3.05, 3.63) is 19.3 Å². The van der Waals surface area contributed by atoms with Crippen LogP contribution < -0.4 is 0 Å². The van der Waals surface area contributed by atoms with Crippen LogP contribution in [0.4, 0.5) is 0 Å². The molecule has 1 N–H and O–H groups in total. The van der Waals surface area contributed by atoms with Crippen LogP contribution >= 0.6 is 0 Å². The maximum Gasteiger partial charge on any atom is 0.141 e. The van der Waals surface area contributed by atoms with Crippen LogP contribution in [0.25, 0.3) is 0 Å². The van der Waals surface area contributed by atoms with Gasteiger partial charge >= 0.3 is 0 Å². The second-order valence-electron chi connectivity index (χ2n) is 1.73. The standard InChI is InChI=1S/3C3H7.Hf.H4OSi/c3*1-3-2;;1-2/h3*3H,1-2H3;;1H,2H3/q3*-1;;. The normalized spacial score (nSPS) is 5.25. The molecule has 0 unspecified atom stereocenters. The van der Waals surface area contributed by atoms with E-state index in [-0.39, 0.29) is 25.8 Å². The molecule has 1 nitrogen and oxygen atoms in total. The third-order valence-electron chi connectivity index (χ3n) is 0. The van der Waals surface area contributed by atoms with Crippen LogP contribution in [0.3, 0.4) is 0 Å². The summed E-state index contributed by atoms with van der Waals surface area (Å²) in [6.45, 7) is 12.0. The van der Waals surface area contributed by atoms with Crippen molar-refractivity contribution < 1.29 is 30.6 Å². The fraction of sp³-hybridized carbons (Fsp3) is 0.667. The predicted octanol–water partition coefficient (Wildman–Crippen LogP) is 1.95. The van der Waals surface area contributed by atoms with E-state index in [4.69, 9.17) is 4.80 Å². The summed E-state index contributed by atoms with van der Waals surface area (Å²) in [5.74, 6) is 0. The molecule has 0 aliphatic carbocycles. The van der Waals surface area contributed by atoms with E-state index in [9.17, 15) is 0 Å². The Bertz CT molecular complexity index is 19.2. The van der Waals surface area contributed by atoms with E-state index in [1.807, 2.05) is 60.8 Å². The first-order valence-corrected chi connectivity index (χ1v) is 4.81. The van der Waals surface area contributed by atoms with E-state index in [2.05, 4.69) is 0 Å². The summed E-state index contributed by atoms with van der Waals surface area (Å²) in [5, 5.41) is 0. The monoisotopic (exact) mass is 357 g/mol. The number of hydrogen-bond donors (Lipinski definition) is 1. The molecule has 12 heavy (non-hydrogen) atoms. The minimum absolute atomic E-state index is 0. The van der Waals surface area contributed by atoms with E-state index in [0.29, 0.717) is 10.5 Å². The Labute approximate surface area is 102 Å². The van der Waals surface area contributed by atoms with Crippen molar-refractivity contribution in [3.63, 3.8) is 0 Å². The van der Waals surface area contributed by atoms with E-state index >= 15 is 0 Å². The Balaban J connectivity index is -0.0000000179. The molecule has 0 saturated heterocycles. The van der Waals surface area contributed by atoms with Gasteiger partial charge in [-0.05, 0) is 0 Å². The van der Waals surface area contributed by atoms with Gasteiger partial charge in [0.15, 0.2) is 0 Å². The average Bonchev–Trinajstić information content (AvgIpc) is 1.96. The molecule has 0 radical (unpaired) electrons. The average molecular weight is 356 g/mol. The second-order valence-corrected chi connectivity index (χ2v) is 1.73. The maximum atomic E-state index is 7.14. The van der Waals surface area contributed by atoms with Crippen molar-refractivity contribution in [2.24, 2.45) is 0 Å². The van der Waals surface area contributed by atoms with Crippen LogP contribution in [0.1, 0.15) is 41.5 Å². The summed E-state index contributed by atoms with van der Waals surface area (Å²) in [6, 6.07) is 0. The molecule has 0 amide bonds. The van der Waals surface area contributed by atoms with Crippen LogP contribution in [0.2, 0.25) is 0 Å². The van der Waals surface area contributed by atoms with Crippen molar-refractivity contribution in [2.45, 2.75) is 41.5 Å². The molecule has 0 aliphatic rings. The summed E-state index contributed by atoms with van der Waals surface area (Å²) < 4.78 is 0. The van der Waals surface area contributed by atoms with Gasteiger partial charge in [-0.25, -0.2) is 0 Å². The first-order valence-electron chi connectivity index (χ1n) is 3.91. The molecule has 0 heterocycles. The maximum absolute atomic E-state index is 7.14. The SMILES string of the molecule is C[CH-]C.C[CH-]C.C[CH-]C.O[SiH3].[Hf]. The van der Waals surface area contributed by atoms with Crippen LogP contribution in [0.15, 0.2) is 0 Å². The van der Waals surface area contributed by atoms with Crippen LogP contribution in [-0.4, -0.2) is 15.3 Å². The van der Waals surface area contributed by atoms with Gasteiger partial charge in [0.25, 0.3) is 0 Å². The number of rotatable bonds is 0. The summed E-state index contributed by atoms with van der Waals surface area (Å²) in [4.78, 5) is 7.14. The Morgan fingerprint density at radius 3 is 0.667 bits per heavy atom. The van der Waals surface area contributed by atoms with Gasteiger partial charge in [0.05, 0.1) is 0 Å². The van der Waals surface area contributed by atoms with E-state index in [1.165, 1.54) is 0 Å². The Morgan fingerprint density at radius 1 is 0.667 bits per heavy atom. The van der Waals surface area contributed by atoms with Crippen molar-refractivity contribution in [3.8, 4) is 0 Å². The first kappa shape index (κ1) is 29.2. The second kappa shape index (κ2) is 89.8. The van der Waals surface area contributed by atoms with Crippen LogP contribution in [-0.2, 0) is 25.8 Å². The zero-order valence-electron chi connectivity index (χ0n) is 9.68. The molecular formula is C9H25HfOSi-3. The van der Waals surface area contributed by atoms with Crippen LogP contribution in [0, 0.1) is 19.3 Å². The molecule has 3 heteroatoms. The molecule has 78 valence electrons. The summed E-state index contributed by atoms with van der Waals surface area (Å²) in [5.41, 5.74) is 0. The summed E-state index contributed by atoms with van der Waals surface area (Å²) in [7, 11) is 0.306. The van der Waals surface area contributed by atoms with Gasteiger partial charge in [-0.1, -0.05) is 0 Å². The smallest absolute Gasteiger partial charge is 0.141 e. The van der Waals surface area contributed by atoms with Gasteiger partial charge in [0.1, 0.15) is 10.5 Å². The molecule has 0 atom stereocenters. The van der Waals surface area contributed by atoms with Gasteiger partial charge in [0, 0.05) is 25.8 Å². The molecule has 0 rings (SSSR count). The molecule has 0 aromatic heterocycles. The molecule has 0 aromatic carbocycles. The molecule has 0 bridgehead atoms. The largest absolute Gasteiger partial charge is 0.442 e. The minimum atomic E-state index is 0. The van der Waals surface area contributed by atoms with E-state index in [1.54, 1.807) is 0 Å². The van der Waals surface area contributed by atoms with E-state index in [0.717, 1.165) is 0 Å². The predicted molar refractivity (Wildman–Crippen MR) is 59.1 cm³/mol. The van der Waals surface area contributed by atoms with Gasteiger partial charge < -0.3 is 24.1 Å². The molecule has 0 aliphatic heterocycles. The van der Waals surface area contributed by atoms with Crippen molar-refractivity contribution in [1.29, 1.82) is 0 Å². The summed E-state index contributed by atoms with van der Waals surface area (Å²) in [6.07, 6.45) is 6.00. The molecule has 0 fully saturated rings. The van der Waals surface area contributed by atoms with E-state index < -0.39 is 0 Å². The third kappa shape index (κ3) is 1020.